The quantitative estimate of drug-likeness (QED) is 0.0700. The van der Waals surface area contributed by atoms with Crippen molar-refractivity contribution in [2.45, 2.75) is 224 Å². The highest BCUT2D eigenvalue weighted by atomic mass is 16.6. The molecule has 2 saturated heterocycles. The molecular formula is C39H68O8. The minimum Gasteiger partial charge on any atom is -0.463 e. The number of carbonyl (C=O) groups is 2. The average Bonchev–Trinajstić information content (AvgIpc) is 3.80. The molecule has 272 valence electrons. The number of aliphatic hydroxyl groups excluding tert-OH is 2. The minimum atomic E-state index is -0.454. The Kier molecular flexibility index (Phi) is 19.6. The summed E-state index contributed by atoms with van der Waals surface area (Å²) in [4.78, 5) is 23.0. The highest BCUT2D eigenvalue weighted by Gasteiger charge is 2.40. The van der Waals surface area contributed by atoms with Gasteiger partial charge in [0, 0.05) is 12.5 Å². The summed E-state index contributed by atoms with van der Waals surface area (Å²) >= 11 is 0. The van der Waals surface area contributed by atoms with E-state index in [4.69, 9.17) is 18.9 Å². The van der Waals surface area contributed by atoms with E-state index >= 15 is 0 Å². The molecule has 0 bridgehead atoms. The number of cyclic esters (lactones) is 1. The predicted molar refractivity (Wildman–Crippen MR) is 185 cm³/mol. The summed E-state index contributed by atoms with van der Waals surface area (Å²) in [6.07, 6.45) is 25.8. The molecule has 3 aliphatic heterocycles. The number of hydrogen-bond donors (Lipinski definition) is 2. The van der Waals surface area contributed by atoms with E-state index in [1.54, 1.807) is 0 Å². The van der Waals surface area contributed by atoms with E-state index in [9.17, 15) is 19.8 Å². The van der Waals surface area contributed by atoms with Gasteiger partial charge in [0.25, 0.3) is 0 Å². The Bertz CT molecular complexity index is 905. The van der Waals surface area contributed by atoms with E-state index in [2.05, 4.69) is 6.92 Å². The Balaban J connectivity index is 1.14. The number of hydrogen-bond acceptors (Lipinski definition) is 8. The number of esters is 2. The molecule has 3 rings (SSSR count). The molecule has 0 aromatic rings. The molecule has 0 saturated carbocycles. The Morgan fingerprint density at radius 3 is 1.70 bits per heavy atom. The SMILES string of the molecule is CCCCC(CCCCCC(O)C1CCC(C2CCC(C(O)CCCCCCCCCCCCC3=CC(C)OC3=O)O2)O1)OC(C)=O. The van der Waals surface area contributed by atoms with Crippen LogP contribution in [0.4, 0.5) is 0 Å². The fourth-order valence-corrected chi connectivity index (χ4v) is 7.59. The van der Waals surface area contributed by atoms with Crippen molar-refractivity contribution in [2.75, 3.05) is 0 Å². The van der Waals surface area contributed by atoms with Gasteiger partial charge < -0.3 is 29.2 Å². The largest absolute Gasteiger partial charge is 0.463 e. The standard InChI is InChI=1S/C39H68O8/c1-4-5-20-32(45-30(3)40)21-16-14-18-23-34(42)36-25-27-38(47-36)37-26-24-35(46-37)33(41)22-17-13-11-9-7-6-8-10-12-15-19-31-28-29(2)44-39(31)43/h28-29,32-38,41-42H,4-27H2,1-3H3. The molecule has 8 heteroatoms. The van der Waals surface area contributed by atoms with Crippen LogP contribution in [0.1, 0.15) is 175 Å². The van der Waals surface area contributed by atoms with Gasteiger partial charge in [0.15, 0.2) is 0 Å². The van der Waals surface area contributed by atoms with Crippen LogP contribution in [-0.4, -0.2) is 71.0 Å². The second-order valence-corrected chi connectivity index (χ2v) is 14.6. The zero-order valence-electron chi connectivity index (χ0n) is 30.0. The molecule has 8 unspecified atom stereocenters. The molecular weight excluding hydrogens is 596 g/mol. The molecule has 0 aromatic heterocycles. The Labute approximate surface area is 285 Å². The lowest BCUT2D eigenvalue weighted by atomic mass is 10.00. The van der Waals surface area contributed by atoms with Crippen molar-refractivity contribution >= 4 is 11.9 Å². The number of unbranched alkanes of at least 4 members (excludes halogenated alkanes) is 12. The van der Waals surface area contributed by atoms with Crippen molar-refractivity contribution in [3.63, 3.8) is 0 Å². The highest BCUT2D eigenvalue weighted by Crippen LogP contribution is 2.34. The fourth-order valence-electron chi connectivity index (χ4n) is 7.59. The maximum Gasteiger partial charge on any atom is 0.334 e. The van der Waals surface area contributed by atoms with E-state index in [0.29, 0.717) is 0 Å². The van der Waals surface area contributed by atoms with E-state index in [0.717, 1.165) is 115 Å². The monoisotopic (exact) mass is 664 g/mol. The predicted octanol–water partition coefficient (Wildman–Crippen LogP) is 8.43. The Morgan fingerprint density at radius 2 is 1.21 bits per heavy atom. The summed E-state index contributed by atoms with van der Waals surface area (Å²) in [7, 11) is 0. The first-order chi connectivity index (χ1) is 22.8. The number of ether oxygens (including phenoxy) is 4. The van der Waals surface area contributed by atoms with Gasteiger partial charge in [-0.2, -0.15) is 0 Å². The molecule has 3 heterocycles. The molecule has 2 fully saturated rings. The summed E-state index contributed by atoms with van der Waals surface area (Å²) in [5.74, 6) is -0.322. The van der Waals surface area contributed by atoms with Crippen molar-refractivity contribution in [1.82, 2.24) is 0 Å². The van der Waals surface area contributed by atoms with Gasteiger partial charge in [-0.25, -0.2) is 4.79 Å². The van der Waals surface area contributed by atoms with E-state index in [1.165, 1.54) is 51.9 Å². The summed E-state index contributed by atoms with van der Waals surface area (Å²) in [6, 6.07) is 0. The van der Waals surface area contributed by atoms with Gasteiger partial charge in [-0.3, -0.25) is 4.79 Å². The third-order valence-corrected chi connectivity index (χ3v) is 10.4. The molecule has 0 radical (unpaired) electrons. The second-order valence-electron chi connectivity index (χ2n) is 14.6. The third kappa shape index (κ3) is 15.7. The number of carbonyl (C=O) groups excluding carboxylic acids is 2. The number of rotatable bonds is 26. The zero-order chi connectivity index (χ0) is 33.9. The van der Waals surface area contributed by atoms with E-state index < -0.39 is 12.2 Å². The molecule has 8 nitrogen and oxygen atoms in total. The van der Waals surface area contributed by atoms with Crippen LogP contribution in [0.15, 0.2) is 11.6 Å². The summed E-state index contributed by atoms with van der Waals surface area (Å²) in [5, 5.41) is 21.6. The van der Waals surface area contributed by atoms with Crippen LogP contribution in [0.5, 0.6) is 0 Å². The molecule has 2 N–H and O–H groups in total. The lowest BCUT2D eigenvalue weighted by Crippen LogP contribution is -2.33. The maximum atomic E-state index is 11.6. The topological polar surface area (TPSA) is 112 Å². The van der Waals surface area contributed by atoms with Gasteiger partial charge in [-0.15, -0.1) is 0 Å². The van der Waals surface area contributed by atoms with Crippen LogP contribution in [0.3, 0.4) is 0 Å². The normalized spacial score (nSPS) is 26.3. The number of aliphatic hydroxyl groups is 2. The first-order valence-electron chi connectivity index (χ1n) is 19.5. The fraction of sp³-hybridized carbons (Fsp3) is 0.897. The molecule has 0 aliphatic carbocycles. The van der Waals surface area contributed by atoms with Crippen LogP contribution in [0, 0.1) is 0 Å². The first kappa shape index (κ1) is 40.0. The summed E-state index contributed by atoms with van der Waals surface area (Å²) in [6.45, 7) is 5.55. The van der Waals surface area contributed by atoms with Crippen LogP contribution in [0.25, 0.3) is 0 Å². The van der Waals surface area contributed by atoms with Crippen LogP contribution < -0.4 is 0 Å². The second kappa shape index (κ2) is 23.0. The summed E-state index contributed by atoms with van der Waals surface area (Å²) < 4.78 is 23.2. The third-order valence-electron chi connectivity index (χ3n) is 10.4. The van der Waals surface area contributed by atoms with E-state index in [-0.39, 0.29) is 48.6 Å². The van der Waals surface area contributed by atoms with Crippen LogP contribution in [0.2, 0.25) is 0 Å². The maximum absolute atomic E-state index is 11.6. The summed E-state index contributed by atoms with van der Waals surface area (Å²) in [5.41, 5.74) is 0.861. The van der Waals surface area contributed by atoms with Gasteiger partial charge >= 0.3 is 11.9 Å². The van der Waals surface area contributed by atoms with Gasteiger partial charge in [-0.1, -0.05) is 90.4 Å². The van der Waals surface area contributed by atoms with Gasteiger partial charge in [-0.05, 0) is 83.6 Å². The van der Waals surface area contributed by atoms with Crippen molar-refractivity contribution in [1.29, 1.82) is 0 Å². The highest BCUT2D eigenvalue weighted by molar-refractivity contribution is 5.90. The van der Waals surface area contributed by atoms with Gasteiger partial charge in [0.05, 0.1) is 36.6 Å². The minimum absolute atomic E-state index is 0.0159. The van der Waals surface area contributed by atoms with Crippen molar-refractivity contribution in [3.8, 4) is 0 Å². The molecule has 0 aromatic carbocycles. The van der Waals surface area contributed by atoms with Gasteiger partial charge in [0.2, 0.25) is 0 Å². The van der Waals surface area contributed by atoms with Crippen molar-refractivity contribution in [2.24, 2.45) is 0 Å². The first-order valence-corrected chi connectivity index (χ1v) is 19.5. The molecule has 0 amide bonds. The van der Waals surface area contributed by atoms with E-state index in [1.807, 2.05) is 13.0 Å². The van der Waals surface area contributed by atoms with Crippen molar-refractivity contribution in [3.05, 3.63) is 11.6 Å². The Morgan fingerprint density at radius 1 is 0.745 bits per heavy atom. The molecule has 47 heavy (non-hydrogen) atoms. The lowest BCUT2D eigenvalue weighted by Gasteiger charge is -2.24. The lowest BCUT2D eigenvalue weighted by molar-refractivity contribution is -0.147. The molecule has 8 atom stereocenters. The van der Waals surface area contributed by atoms with Crippen molar-refractivity contribution < 1.29 is 38.7 Å². The van der Waals surface area contributed by atoms with Crippen LogP contribution >= 0.6 is 0 Å². The molecule has 3 aliphatic rings. The molecule has 0 spiro atoms. The van der Waals surface area contributed by atoms with Gasteiger partial charge in [0.1, 0.15) is 12.2 Å². The van der Waals surface area contributed by atoms with Crippen LogP contribution in [-0.2, 0) is 28.5 Å². The smallest absolute Gasteiger partial charge is 0.334 e. The zero-order valence-corrected chi connectivity index (χ0v) is 30.0. The average molecular weight is 665 g/mol. The Hall–Kier alpha value is -1.48.